The van der Waals surface area contributed by atoms with Crippen molar-refractivity contribution in [3.05, 3.63) is 94.9 Å². The third kappa shape index (κ3) is 4.03. The van der Waals surface area contributed by atoms with E-state index < -0.39 is 0 Å². The van der Waals surface area contributed by atoms with Gasteiger partial charge in [-0.25, -0.2) is 9.37 Å². The average molecular weight is 375 g/mol. The number of carbonyl (C=O) groups excluding carboxylic acids is 1. The van der Waals surface area contributed by atoms with Crippen LogP contribution in [0.2, 0.25) is 0 Å². The van der Waals surface area contributed by atoms with Crippen LogP contribution in [0.3, 0.4) is 0 Å². The van der Waals surface area contributed by atoms with Gasteiger partial charge in [-0.1, -0.05) is 42.5 Å². The van der Waals surface area contributed by atoms with Crippen LogP contribution in [0, 0.1) is 5.82 Å². The predicted molar refractivity (Wildman–Crippen MR) is 108 cm³/mol. The number of hydrogen-bond donors (Lipinski definition) is 1. The molecule has 0 aliphatic carbocycles. The van der Waals surface area contributed by atoms with E-state index in [2.05, 4.69) is 39.5 Å². The van der Waals surface area contributed by atoms with Gasteiger partial charge in [0.15, 0.2) is 0 Å². The van der Waals surface area contributed by atoms with Crippen LogP contribution in [-0.4, -0.2) is 24.0 Å². The van der Waals surface area contributed by atoms with Crippen LogP contribution in [0.25, 0.3) is 0 Å². The lowest BCUT2D eigenvalue weighted by molar-refractivity contribution is 0.0954. The van der Waals surface area contributed by atoms with Gasteiger partial charge >= 0.3 is 0 Å². The maximum absolute atomic E-state index is 13.7. The van der Waals surface area contributed by atoms with E-state index in [-0.39, 0.29) is 11.7 Å². The molecule has 1 aliphatic heterocycles. The molecule has 1 N–H and O–H groups in total. The highest BCUT2D eigenvalue weighted by Crippen LogP contribution is 2.23. The fourth-order valence-electron chi connectivity index (χ4n) is 3.54. The first kappa shape index (κ1) is 18.2. The van der Waals surface area contributed by atoms with Gasteiger partial charge in [-0.3, -0.25) is 4.79 Å². The second-order valence-corrected chi connectivity index (χ2v) is 6.94. The molecule has 3 aromatic rings. The van der Waals surface area contributed by atoms with E-state index in [0.29, 0.717) is 24.1 Å². The molecule has 0 saturated heterocycles. The standard InChI is InChI=1S/C23H22FN3O/c24-21-8-4-3-6-18(21)9-13-26-23(28)19-10-12-25-22(15-19)27-14-11-17-5-1-2-7-20(17)16-27/h1-8,10,12,15H,9,11,13-14,16H2,(H,26,28). The van der Waals surface area contributed by atoms with E-state index in [1.807, 2.05) is 6.07 Å². The Labute approximate surface area is 164 Å². The minimum Gasteiger partial charge on any atom is -0.352 e. The number of pyridine rings is 1. The van der Waals surface area contributed by atoms with Gasteiger partial charge in [0.1, 0.15) is 11.6 Å². The summed E-state index contributed by atoms with van der Waals surface area (Å²) in [5.74, 6) is 0.391. The van der Waals surface area contributed by atoms with Crippen molar-refractivity contribution in [2.24, 2.45) is 0 Å². The van der Waals surface area contributed by atoms with Gasteiger partial charge < -0.3 is 10.2 Å². The number of anilines is 1. The van der Waals surface area contributed by atoms with Crippen molar-refractivity contribution in [3.8, 4) is 0 Å². The van der Waals surface area contributed by atoms with Crippen molar-refractivity contribution in [2.75, 3.05) is 18.0 Å². The quantitative estimate of drug-likeness (QED) is 0.739. The lowest BCUT2D eigenvalue weighted by Crippen LogP contribution is -2.31. The van der Waals surface area contributed by atoms with Gasteiger partial charge in [0.2, 0.25) is 0 Å². The van der Waals surface area contributed by atoms with Crippen LogP contribution in [0.4, 0.5) is 10.2 Å². The number of amides is 1. The minimum absolute atomic E-state index is 0.169. The zero-order valence-corrected chi connectivity index (χ0v) is 15.6. The predicted octanol–water partition coefficient (Wildman–Crippen LogP) is 3.76. The SMILES string of the molecule is O=C(NCCc1ccccc1F)c1ccnc(N2CCc3ccccc3C2)c1. The van der Waals surface area contributed by atoms with Crippen molar-refractivity contribution in [2.45, 2.75) is 19.4 Å². The number of halogens is 1. The number of nitrogens with one attached hydrogen (secondary N) is 1. The molecule has 4 nitrogen and oxygen atoms in total. The van der Waals surface area contributed by atoms with Crippen molar-refractivity contribution in [1.29, 1.82) is 0 Å². The van der Waals surface area contributed by atoms with E-state index in [9.17, 15) is 9.18 Å². The molecule has 142 valence electrons. The summed E-state index contributed by atoms with van der Waals surface area (Å²) in [6.45, 7) is 2.05. The molecule has 0 unspecified atom stereocenters. The lowest BCUT2D eigenvalue weighted by atomic mass is 10.00. The molecule has 5 heteroatoms. The van der Waals surface area contributed by atoms with Crippen molar-refractivity contribution < 1.29 is 9.18 Å². The fraction of sp³-hybridized carbons (Fsp3) is 0.217. The summed E-state index contributed by atoms with van der Waals surface area (Å²) in [5, 5.41) is 2.87. The first-order valence-electron chi connectivity index (χ1n) is 9.50. The summed E-state index contributed by atoms with van der Waals surface area (Å²) in [6.07, 6.45) is 3.10. The van der Waals surface area contributed by atoms with E-state index in [4.69, 9.17) is 0 Å². The largest absolute Gasteiger partial charge is 0.352 e. The van der Waals surface area contributed by atoms with Crippen molar-refractivity contribution >= 4 is 11.7 Å². The number of benzene rings is 2. The average Bonchev–Trinajstić information content (AvgIpc) is 2.75. The Balaban J connectivity index is 1.39. The number of nitrogens with zero attached hydrogens (tertiary/aromatic N) is 2. The number of fused-ring (bicyclic) bond motifs is 1. The molecular weight excluding hydrogens is 353 g/mol. The lowest BCUT2D eigenvalue weighted by Gasteiger charge is -2.29. The topological polar surface area (TPSA) is 45.2 Å². The van der Waals surface area contributed by atoms with Gasteiger partial charge in [0.25, 0.3) is 5.91 Å². The van der Waals surface area contributed by atoms with Gasteiger partial charge in [-0.05, 0) is 47.7 Å². The first-order valence-corrected chi connectivity index (χ1v) is 9.50. The third-order valence-corrected chi connectivity index (χ3v) is 5.10. The zero-order valence-electron chi connectivity index (χ0n) is 15.6. The van der Waals surface area contributed by atoms with Crippen molar-refractivity contribution in [1.82, 2.24) is 10.3 Å². The Morgan fingerprint density at radius 2 is 1.86 bits per heavy atom. The van der Waals surface area contributed by atoms with Gasteiger partial charge in [-0.2, -0.15) is 0 Å². The van der Waals surface area contributed by atoms with Gasteiger partial charge in [0.05, 0.1) is 0 Å². The summed E-state index contributed by atoms with van der Waals surface area (Å²) < 4.78 is 13.7. The molecule has 1 aliphatic rings. The highest BCUT2D eigenvalue weighted by Gasteiger charge is 2.18. The highest BCUT2D eigenvalue weighted by molar-refractivity contribution is 5.94. The van der Waals surface area contributed by atoms with E-state index in [1.165, 1.54) is 17.2 Å². The van der Waals surface area contributed by atoms with Crippen LogP contribution >= 0.6 is 0 Å². The minimum atomic E-state index is -0.242. The molecule has 2 aromatic carbocycles. The molecule has 0 bridgehead atoms. The normalized spacial score (nSPS) is 13.1. The maximum Gasteiger partial charge on any atom is 0.251 e. The number of rotatable bonds is 5. The van der Waals surface area contributed by atoms with E-state index in [0.717, 1.165) is 25.3 Å². The molecule has 0 radical (unpaired) electrons. The molecule has 28 heavy (non-hydrogen) atoms. The molecule has 0 saturated carbocycles. The molecule has 0 spiro atoms. The summed E-state index contributed by atoms with van der Waals surface area (Å²) in [5.41, 5.74) is 3.85. The Hall–Kier alpha value is -3.21. The summed E-state index contributed by atoms with van der Waals surface area (Å²) in [7, 11) is 0. The molecule has 4 rings (SSSR count). The third-order valence-electron chi connectivity index (χ3n) is 5.10. The Bertz CT molecular complexity index is 989. The number of aromatic nitrogens is 1. The van der Waals surface area contributed by atoms with Gasteiger partial charge in [0, 0.05) is 31.4 Å². The molecule has 1 amide bonds. The van der Waals surface area contributed by atoms with Crippen LogP contribution in [0.15, 0.2) is 66.9 Å². The summed E-state index contributed by atoms with van der Waals surface area (Å²) in [4.78, 5) is 19.1. The number of carbonyl (C=O) groups is 1. The molecule has 0 fully saturated rings. The van der Waals surface area contributed by atoms with Gasteiger partial charge in [-0.15, -0.1) is 0 Å². The van der Waals surface area contributed by atoms with Crippen LogP contribution in [0.1, 0.15) is 27.0 Å². The second-order valence-electron chi connectivity index (χ2n) is 6.94. The molecular formula is C23H22FN3O. The highest BCUT2D eigenvalue weighted by atomic mass is 19.1. The van der Waals surface area contributed by atoms with E-state index in [1.54, 1.807) is 30.5 Å². The number of hydrogen-bond acceptors (Lipinski definition) is 3. The Kier molecular flexibility index (Phi) is 5.33. The molecule has 2 heterocycles. The first-order chi connectivity index (χ1) is 13.7. The summed E-state index contributed by atoms with van der Waals surface area (Å²) in [6, 6.07) is 18.6. The fourth-order valence-corrected chi connectivity index (χ4v) is 3.54. The Morgan fingerprint density at radius 1 is 1.07 bits per heavy atom. The monoisotopic (exact) mass is 375 g/mol. The molecule has 1 aromatic heterocycles. The second kappa shape index (κ2) is 8.21. The summed E-state index contributed by atoms with van der Waals surface area (Å²) >= 11 is 0. The van der Waals surface area contributed by atoms with Crippen molar-refractivity contribution in [3.63, 3.8) is 0 Å². The van der Waals surface area contributed by atoms with E-state index >= 15 is 0 Å². The zero-order chi connectivity index (χ0) is 19.3. The maximum atomic E-state index is 13.7. The van der Waals surface area contributed by atoms with Crippen LogP contribution in [-0.2, 0) is 19.4 Å². The smallest absolute Gasteiger partial charge is 0.251 e. The van der Waals surface area contributed by atoms with Crippen LogP contribution in [0.5, 0.6) is 0 Å². The molecule has 0 atom stereocenters. The van der Waals surface area contributed by atoms with Crippen LogP contribution < -0.4 is 10.2 Å². The Morgan fingerprint density at radius 3 is 2.71 bits per heavy atom.